The van der Waals surface area contributed by atoms with E-state index in [4.69, 9.17) is 8.83 Å². The molecular weight excluding hydrogens is 266 g/mol. The molecule has 0 bridgehead atoms. The van der Waals surface area contributed by atoms with Crippen molar-refractivity contribution in [3.05, 3.63) is 30.0 Å². The van der Waals surface area contributed by atoms with Gasteiger partial charge in [-0.3, -0.25) is 4.79 Å². The number of amides is 1. The standard InChI is InChI=1S/C12H15N3O3S/c1-9-14-15-12(18-9)19-8-11(16)13-6-2-4-10-5-3-7-17-10/h3,5,7H,2,4,6,8H2,1H3,(H,13,16). The lowest BCUT2D eigenvalue weighted by atomic mass is 10.2. The quantitative estimate of drug-likeness (QED) is 0.616. The fourth-order valence-corrected chi connectivity index (χ4v) is 2.10. The summed E-state index contributed by atoms with van der Waals surface area (Å²) < 4.78 is 10.4. The van der Waals surface area contributed by atoms with Crippen molar-refractivity contribution in [2.24, 2.45) is 0 Å². The highest BCUT2D eigenvalue weighted by Crippen LogP contribution is 2.14. The summed E-state index contributed by atoms with van der Waals surface area (Å²) in [5, 5.41) is 10.7. The molecule has 0 fully saturated rings. The van der Waals surface area contributed by atoms with Crippen LogP contribution in [0, 0.1) is 6.92 Å². The van der Waals surface area contributed by atoms with Crippen molar-refractivity contribution in [1.29, 1.82) is 0 Å². The minimum absolute atomic E-state index is 0.0414. The molecule has 2 aromatic rings. The minimum Gasteiger partial charge on any atom is -0.469 e. The molecule has 0 spiro atoms. The number of hydrogen-bond acceptors (Lipinski definition) is 6. The molecular formula is C12H15N3O3S. The Balaban J connectivity index is 1.57. The van der Waals surface area contributed by atoms with Gasteiger partial charge in [0.1, 0.15) is 5.76 Å². The van der Waals surface area contributed by atoms with Crippen molar-refractivity contribution in [2.75, 3.05) is 12.3 Å². The molecule has 6 nitrogen and oxygen atoms in total. The molecule has 19 heavy (non-hydrogen) atoms. The lowest BCUT2D eigenvalue weighted by Gasteiger charge is -2.02. The van der Waals surface area contributed by atoms with Crippen LogP contribution in [0.5, 0.6) is 0 Å². The van der Waals surface area contributed by atoms with Gasteiger partial charge in [0.25, 0.3) is 5.22 Å². The number of thioether (sulfide) groups is 1. The third-order valence-corrected chi connectivity index (χ3v) is 3.15. The number of aryl methyl sites for hydroxylation is 2. The number of hydrogen-bond donors (Lipinski definition) is 1. The van der Waals surface area contributed by atoms with Gasteiger partial charge in [0.2, 0.25) is 11.8 Å². The highest BCUT2D eigenvalue weighted by molar-refractivity contribution is 7.99. The molecule has 0 aliphatic rings. The zero-order valence-corrected chi connectivity index (χ0v) is 11.4. The van der Waals surface area contributed by atoms with Crippen molar-refractivity contribution in [2.45, 2.75) is 25.0 Å². The molecule has 0 radical (unpaired) electrons. The second kappa shape index (κ2) is 6.98. The smallest absolute Gasteiger partial charge is 0.277 e. The molecule has 0 unspecified atom stereocenters. The average Bonchev–Trinajstić information content (AvgIpc) is 3.03. The fraction of sp³-hybridized carbons (Fsp3) is 0.417. The second-order valence-electron chi connectivity index (χ2n) is 3.91. The van der Waals surface area contributed by atoms with Gasteiger partial charge in [0, 0.05) is 19.9 Å². The normalized spacial score (nSPS) is 10.6. The van der Waals surface area contributed by atoms with Crippen molar-refractivity contribution in [3.63, 3.8) is 0 Å². The van der Waals surface area contributed by atoms with Crippen LogP contribution in [0.3, 0.4) is 0 Å². The van der Waals surface area contributed by atoms with Crippen molar-refractivity contribution in [3.8, 4) is 0 Å². The van der Waals surface area contributed by atoms with Gasteiger partial charge in [-0.15, -0.1) is 10.2 Å². The van der Waals surface area contributed by atoms with Gasteiger partial charge in [-0.2, -0.15) is 0 Å². The molecule has 2 rings (SSSR count). The van der Waals surface area contributed by atoms with Crippen LogP contribution in [0.2, 0.25) is 0 Å². The van der Waals surface area contributed by atoms with Crippen LogP contribution in [0.4, 0.5) is 0 Å². The Morgan fingerprint density at radius 2 is 2.37 bits per heavy atom. The van der Waals surface area contributed by atoms with Crippen LogP contribution < -0.4 is 5.32 Å². The number of aromatic nitrogens is 2. The maximum Gasteiger partial charge on any atom is 0.277 e. The largest absolute Gasteiger partial charge is 0.469 e. The molecule has 0 saturated heterocycles. The molecule has 0 atom stereocenters. The number of carbonyl (C=O) groups is 1. The molecule has 2 aromatic heterocycles. The first-order chi connectivity index (χ1) is 9.24. The first-order valence-corrected chi connectivity index (χ1v) is 6.94. The molecule has 1 N–H and O–H groups in total. The number of rotatable bonds is 7. The van der Waals surface area contributed by atoms with Gasteiger partial charge in [0.15, 0.2) is 0 Å². The fourth-order valence-electron chi connectivity index (χ4n) is 1.46. The van der Waals surface area contributed by atoms with Gasteiger partial charge in [-0.25, -0.2) is 0 Å². The lowest BCUT2D eigenvalue weighted by Crippen LogP contribution is -2.26. The van der Waals surface area contributed by atoms with Crippen LogP contribution in [0.25, 0.3) is 0 Å². The monoisotopic (exact) mass is 281 g/mol. The number of carbonyl (C=O) groups excluding carboxylic acids is 1. The van der Waals surface area contributed by atoms with E-state index in [1.807, 2.05) is 12.1 Å². The van der Waals surface area contributed by atoms with Crippen molar-refractivity contribution < 1.29 is 13.6 Å². The highest BCUT2D eigenvalue weighted by atomic mass is 32.2. The Labute approximate surface area is 115 Å². The summed E-state index contributed by atoms with van der Waals surface area (Å²) in [7, 11) is 0. The van der Waals surface area contributed by atoms with E-state index in [0.29, 0.717) is 17.7 Å². The third kappa shape index (κ3) is 4.78. The summed E-state index contributed by atoms with van der Waals surface area (Å²) in [6, 6.07) is 3.78. The van der Waals surface area contributed by atoms with Crippen molar-refractivity contribution in [1.82, 2.24) is 15.5 Å². The molecule has 2 heterocycles. The summed E-state index contributed by atoms with van der Waals surface area (Å²) in [5.74, 6) is 1.68. The zero-order chi connectivity index (χ0) is 13.5. The minimum atomic E-state index is -0.0414. The molecule has 0 aromatic carbocycles. The molecule has 0 aliphatic heterocycles. The maximum atomic E-state index is 11.5. The van der Waals surface area contributed by atoms with Gasteiger partial charge in [-0.05, 0) is 18.6 Å². The number of nitrogens with zero attached hydrogens (tertiary/aromatic N) is 2. The van der Waals surface area contributed by atoms with E-state index in [9.17, 15) is 4.79 Å². The Kier molecular flexibility index (Phi) is 5.02. The summed E-state index contributed by atoms with van der Waals surface area (Å²) in [6.07, 6.45) is 3.32. The first kappa shape index (κ1) is 13.7. The van der Waals surface area contributed by atoms with E-state index in [2.05, 4.69) is 15.5 Å². The molecule has 1 amide bonds. The SMILES string of the molecule is Cc1nnc(SCC(=O)NCCCc2ccco2)o1. The van der Waals surface area contributed by atoms with E-state index < -0.39 is 0 Å². The number of nitrogens with one attached hydrogen (secondary N) is 1. The van der Waals surface area contributed by atoms with Gasteiger partial charge >= 0.3 is 0 Å². The Bertz CT molecular complexity index is 510. The van der Waals surface area contributed by atoms with Crippen molar-refractivity contribution >= 4 is 17.7 Å². The average molecular weight is 281 g/mol. The summed E-state index contributed by atoms with van der Waals surface area (Å²) >= 11 is 1.23. The van der Waals surface area contributed by atoms with Crippen LogP contribution >= 0.6 is 11.8 Å². The predicted molar refractivity (Wildman–Crippen MR) is 69.8 cm³/mol. The Morgan fingerprint density at radius 3 is 3.05 bits per heavy atom. The van der Waals surface area contributed by atoms with Gasteiger partial charge < -0.3 is 14.2 Å². The van der Waals surface area contributed by atoms with Gasteiger partial charge in [0.05, 0.1) is 12.0 Å². The van der Waals surface area contributed by atoms with E-state index in [1.54, 1.807) is 13.2 Å². The van der Waals surface area contributed by atoms with Gasteiger partial charge in [-0.1, -0.05) is 11.8 Å². The molecule has 0 saturated carbocycles. The molecule has 102 valence electrons. The Hall–Kier alpha value is -1.76. The topological polar surface area (TPSA) is 81.2 Å². The zero-order valence-electron chi connectivity index (χ0n) is 10.6. The molecule has 0 aliphatic carbocycles. The van der Waals surface area contributed by atoms with Crippen LogP contribution in [0.15, 0.2) is 32.5 Å². The predicted octanol–water partition coefficient (Wildman–Crippen LogP) is 1.81. The number of furan rings is 1. The summed E-state index contributed by atoms with van der Waals surface area (Å²) in [5.41, 5.74) is 0. The van der Waals surface area contributed by atoms with Crippen LogP contribution in [0.1, 0.15) is 18.1 Å². The lowest BCUT2D eigenvalue weighted by molar-refractivity contribution is -0.118. The van der Waals surface area contributed by atoms with E-state index in [-0.39, 0.29) is 11.7 Å². The summed E-state index contributed by atoms with van der Waals surface area (Å²) in [4.78, 5) is 11.5. The van der Waals surface area contributed by atoms with E-state index in [0.717, 1.165) is 18.6 Å². The molecule has 7 heteroatoms. The Morgan fingerprint density at radius 1 is 1.47 bits per heavy atom. The van der Waals surface area contributed by atoms with Crippen LogP contribution in [-0.2, 0) is 11.2 Å². The van der Waals surface area contributed by atoms with Crippen LogP contribution in [-0.4, -0.2) is 28.4 Å². The third-order valence-electron chi connectivity index (χ3n) is 2.34. The second-order valence-corrected chi connectivity index (χ2v) is 4.84. The van der Waals surface area contributed by atoms with E-state index in [1.165, 1.54) is 11.8 Å². The first-order valence-electron chi connectivity index (χ1n) is 5.96. The van der Waals surface area contributed by atoms with E-state index >= 15 is 0 Å². The summed E-state index contributed by atoms with van der Waals surface area (Å²) in [6.45, 7) is 2.34. The maximum absolute atomic E-state index is 11.5. The highest BCUT2D eigenvalue weighted by Gasteiger charge is 2.07.